The third-order valence-corrected chi connectivity index (χ3v) is 2.32. The molecule has 8 nitrogen and oxygen atoms in total. The van der Waals surface area contributed by atoms with Crippen molar-refractivity contribution >= 4 is 11.8 Å². The molecule has 1 atom stereocenters. The van der Waals surface area contributed by atoms with E-state index in [0.29, 0.717) is 13.1 Å². The van der Waals surface area contributed by atoms with Crippen molar-refractivity contribution in [3.63, 3.8) is 0 Å². The molecule has 0 saturated heterocycles. The summed E-state index contributed by atoms with van der Waals surface area (Å²) in [6, 6.07) is -1.15. The Morgan fingerprint density at radius 3 is 3.24 bits per heavy atom. The fourth-order valence-electron chi connectivity index (χ4n) is 1.61. The van der Waals surface area contributed by atoms with Crippen LogP contribution in [-0.4, -0.2) is 47.5 Å². The highest BCUT2D eigenvalue weighted by atomic mass is 16.7. The van der Waals surface area contributed by atoms with Gasteiger partial charge in [0.05, 0.1) is 25.8 Å². The maximum absolute atomic E-state index is 11.5. The molecule has 92 valence electrons. The van der Waals surface area contributed by atoms with Crippen LogP contribution in [0.3, 0.4) is 0 Å². The first-order valence-corrected chi connectivity index (χ1v) is 5.15. The average molecular weight is 241 g/mol. The first-order valence-electron chi connectivity index (χ1n) is 5.15. The number of fused-ring (bicyclic) bond motifs is 1. The van der Waals surface area contributed by atoms with Crippen molar-refractivity contribution in [1.29, 1.82) is 0 Å². The van der Waals surface area contributed by atoms with Gasteiger partial charge in [0.15, 0.2) is 0 Å². The van der Waals surface area contributed by atoms with E-state index in [9.17, 15) is 14.9 Å². The molecule has 2 aliphatic rings. The molecule has 8 heteroatoms. The average Bonchev–Trinajstić information content (AvgIpc) is 2.75. The molecule has 0 bridgehead atoms. The van der Waals surface area contributed by atoms with Crippen LogP contribution in [0, 0.1) is 10.1 Å². The number of amidine groups is 1. The van der Waals surface area contributed by atoms with Crippen molar-refractivity contribution in [2.75, 3.05) is 19.7 Å². The fraction of sp³-hybridized carbons (Fsp3) is 0.556. The molecule has 2 aliphatic heterocycles. The monoisotopic (exact) mass is 241 g/mol. The van der Waals surface area contributed by atoms with Crippen LogP contribution in [0.25, 0.3) is 0 Å². The number of ether oxygens (including phenoxy) is 1. The van der Waals surface area contributed by atoms with Gasteiger partial charge in [0.2, 0.25) is 11.6 Å². The Hall–Kier alpha value is -2.12. The van der Waals surface area contributed by atoms with Crippen LogP contribution >= 0.6 is 0 Å². The molecule has 0 spiro atoms. The quantitative estimate of drug-likeness (QED) is 0.384. The van der Waals surface area contributed by atoms with E-state index in [-0.39, 0.29) is 18.2 Å². The summed E-state index contributed by atoms with van der Waals surface area (Å²) >= 11 is 0. The van der Waals surface area contributed by atoms with Crippen LogP contribution < -0.4 is 0 Å². The number of nitrogens with zero attached hydrogens (tertiary/aromatic N) is 3. The highest BCUT2D eigenvalue weighted by Gasteiger charge is 2.40. The second kappa shape index (κ2) is 4.40. The highest BCUT2D eigenvalue weighted by Crippen LogP contribution is 2.20. The zero-order chi connectivity index (χ0) is 12.4. The number of carbonyl (C=O) groups is 1. The first kappa shape index (κ1) is 11.4. The fourth-order valence-corrected chi connectivity index (χ4v) is 1.61. The van der Waals surface area contributed by atoms with Crippen molar-refractivity contribution in [2.24, 2.45) is 4.99 Å². The molecule has 17 heavy (non-hydrogen) atoms. The van der Waals surface area contributed by atoms with E-state index in [1.54, 1.807) is 6.92 Å². The standard InChI is InChI=1S/C9H11N3O5/c1-2-16-9(13)7-5-6(12(14)15)8-10-3-4-11(8)17-7/h5-6H,2-4H2,1H3. The van der Waals surface area contributed by atoms with Gasteiger partial charge in [0.1, 0.15) is 0 Å². The Balaban J connectivity index is 2.25. The van der Waals surface area contributed by atoms with Crippen molar-refractivity contribution in [3.8, 4) is 0 Å². The van der Waals surface area contributed by atoms with Crippen molar-refractivity contribution in [3.05, 3.63) is 21.9 Å². The first-order chi connectivity index (χ1) is 8.13. The van der Waals surface area contributed by atoms with Gasteiger partial charge in [-0.25, -0.2) is 4.79 Å². The van der Waals surface area contributed by atoms with E-state index in [1.807, 2.05) is 0 Å². The normalized spacial score (nSPS) is 22.2. The van der Waals surface area contributed by atoms with Gasteiger partial charge in [0, 0.05) is 4.92 Å². The second-order valence-electron chi connectivity index (χ2n) is 3.41. The molecule has 2 rings (SSSR count). The van der Waals surface area contributed by atoms with E-state index in [0.717, 1.165) is 6.08 Å². The molecular weight excluding hydrogens is 230 g/mol. The second-order valence-corrected chi connectivity index (χ2v) is 3.41. The zero-order valence-electron chi connectivity index (χ0n) is 9.16. The molecule has 0 amide bonds. The third-order valence-electron chi connectivity index (χ3n) is 2.32. The lowest BCUT2D eigenvalue weighted by atomic mass is 10.2. The minimum absolute atomic E-state index is 0.158. The van der Waals surface area contributed by atoms with E-state index < -0.39 is 16.9 Å². The largest absolute Gasteiger partial charge is 0.460 e. The molecule has 2 heterocycles. The Morgan fingerprint density at radius 1 is 1.82 bits per heavy atom. The Kier molecular flexibility index (Phi) is 2.94. The number of hydrogen-bond donors (Lipinski definition) is 0. The molecule has 0 N–H and O–H groups in total. The van der Waals surface area contributed by atoms with Gasteiger partial charge in [0.25, 0.3) is 6.04 Å². The van der Waals surface area contributed by atoms with Crippen molar-refractivity contribution in [2.45, 2.75) is 13.0 Å². The van der Waals surface area contributed by atoms with Gasteiger partial charge in [-0.2, -0.15) is 5.06 Å². The van der Waals surface area contributed by atoms with Crippen LogP contribution in [0.4, 0.5) is 0 Å². The number of carbonyl (C=O) groups excluding carboxylic acids is 1. The molecule has 0 aliphatic carbocycles. The lowest BCUT2D eigenvalue weighted by Crippen LogP contribution is -2.44. The SMILES string of the molecule is CCOC(=O)C1=CC([N+](=O)[O-])C2=NCCN2O1. The Bertz CT molecular complexity index is 417. The summed E-state index contributed by atoms with van der Waals surface area (Å²) in [6.07, 6.45) is 1.12. The van der Waals surface area contributed by atoms with E-state index in [2.05, 4.69) is 4.99 Å². The molecule has 0 aromatic carbocycles. The summed E-state index contributed by atoms with van der Waals surface area (Å²) in [5.41, 5.74) is 0. The lowest BCUT2D eigenvalue weighted by Gasteiger charge is -2.25. The highest BCUT2D eigenvalue weighted by molar-refractivity contribution is 5.94. The van der Waals surface area contributed by atoms with E-state index in [1.165, 1.54) is 5.06 Å². The molecule has 1 unspecified atom stereocenters. The summed E-state index contributed by atoms with van der Waals surface area (Å²) in [5.74, 6) is -0.636. The summed E-state index contributed by atoms with van der Waals surface area (Å²) in [5, 5.41) is 12.1. The van der Waals surface area contributed by atoms with Crippen molar-refractivity contribution in [1.82, 2.24) is 5.06 Å². The van der Waals surface area contributed by atoms with Crippen LogP contribution in [0.2, 0.25) is 0 Å². The predicted octanol–water partition coefficient (Wildman–Crippen LogP) is -0.262. The smallest absolute Gasteiger partial charge is 0.376 e. The number of esters is 1. The molecule has 0 aromatic rings. The topological polar surface area (TPSA) is 94.3 Å². The lowest BCUT2D eigenvalue weighted by molar-refractivity contribution is -0.494. The Morgan fingerprint density at radius 2 is 2.59 bits per heavy atom. The maximum Gasteiger partial charge on any atom is 0.376 e. The van der Waals surface area contributed by atoms with Gasteiger partial charge in [-0.3, -0.25) is 15.1 Å². The van der Waals surface area contributed by atoms with Crippen LogP contribution in [-0.2, 0) is 14.4 Å². The minimum Gasteiger partial charge on any atom is -0.460 e. The predicted molar refractivity (Wildman–Crippen MR) is 55.6 cm³/mol. The number of nitro groups is 1. The number of hydroxylamine groups is 2. The van der Waals surface area contributed by atoms with E-state index >= 15 is 0 Å². The van der Waals surface area contributed by atoms with Crippen LogP contribution in [0.5, 0.6) is 0 Å². The summed E-state index contributed by atoms with van der Waals surface area (Å²) in [6.45, 7) is 2.65. The maximum atomic E-state index is 11.5. The number of aliphatic imine (C=N–C) groups is 1. The van der Waals surface area contributed by atoms with Gasteiger partial charge in [-0.05, 0) is 6.92 Å². The zero-order valence-corrected chi connectivity index (χ0v) is 9.16. The molecule has 0 saturated carbocycles. The van der Waals surface area contributed by atoms with Crippen molar-refractivity contribution < 1.29 is 19.3 Å². The Labute approximate surface area is 96.6 Å². The van der Waals surface area contributed by atoms with Crippen LogP contribution in [0.15, 0.2) is 16.8 Å². The van der Waals surface area contributed by atoms with Gasteiger partial charge in [-0.15, -0.1) is 0 Å². The number of hydrogen-bond acceptors (Lipinski definition) is 7. The van der Waals surface area contributed by atoms with Crippen LogP contribution in [0.1, 0.15) is 6.92 Å². The summed E-state index contributed by atoms with van der Waals surface area (Å²) in [7, 11) is 0. The number of rotatable bonds is 3. The molecular formula is C9H11N3O5. The third kappa shape index (κ3) is 2.05. The minimum atomic E-state index is -1.15. The van der Waals surface area contributed by atoms with E-state index in [4.69, 9.17) is 9.57 Å². The van der Waals surface area contributed by atoms with Gasteiger partial charge < -0.3 is 9.57 Å². The molecule has 0 fully saturated rings. The van der Waals surface area contributed by atoms with Gasteiger partial charge in [-0.1, -0.05) is 0 Å². The van der Waals surface area contributed by atoms with Gasteiger partial charge >= 0.3 is 5.97 Å². The summed E-state index contributed by atoms with van der Waals surface area (Å²) in [4.78, 5) is 31.0. The molecule has 0 aromatic heterocycles. The molecule has 0 radical (unpaired) electrons. The summed E-state index contributed by atoms with van der Waals surface area (Å²) < 4.78 is 4.74.